The third kappa shape index (κ3) is 6.48. The molecule has 1 spiro atoms. The minimum absolute atomic E-state index is 0.154. The van der Waals surface area contributed by atoms with Gasteiger partial charge in [-0.15, -0.1) is 23.5 Å². The van der Waals surface area contributed by atoms with E-state index in [0.717, 1.165) is 61.3 Å². The van der Waals surface area contributed by atoms with Crippen LogP contribution in [0.2, 0.25) is 10.0 Å². The van der Waals surface area contributed by atoms with Crippen molar-refractivity contribution in [3.05, 3.63) is 57.8 Å². The van der Waals surface area contributed by atoms with Crippen LogP contribution in [0.15, 0.2) is 41.7 Å². The number of Topliss-reactive ketones (excluding diaryl/α,β-unsaturated/α-hetero) is 1. The molecule has 1 N–H and O–H groups in total. The highest BCUT2D eigenvalue weighted by molar-refractivity contribution is 8.17. The van der Waals surface area contributed by atoms with Gasteiger partial charge in [0.15, 0.2) is 11.8 Å². The molecule has 3 fully saturated rings. The van der Waals surface area contributed by atoms with Gasteiger partial charge in [0.25, 0.3) is 5.91 Å². The number of carbonyl (C=O) groups excluding carboxylic acids is 3. The number of aromatic nitrogens is 1. The summed E-state index contributed by atoms with van der Waals surface area (Å²) in [5.74, 6) is 1.36. The van der Waals surface area contributed by atoms with Crippen LogP contribution in [-0.4, -0.2) is 57.1 Å². The highest BCUT2D eigenvalue weighted by Crippen LogP contribution is 2.55. The summed E-state index contributed by atoms with van der Waals surface area (Å²) in [6.07, 6.45) is 9.00. The normalized spacial score (nSPS) is 22.3. The molecule has 0 radical (unpaired) electrons. The number of ether oxygens (including phenoxy) is 1. The lowest BCUT2D eigenvalue weighted by molar-refractivity contribution is -0.144. The van der Waals surface area contributed by atoms with Gasteiger partial charge in [-0.2, -0.15) is 0 Å². The number of aliphatic imine (C=N–C) groups is 1. The monoisotopic (exact) mass is 633 g/mol. The minimum Gasteiger partial charge on any atom is -0.464 e. The van der Waals surface area contributed by atoms with Crippen LogP contribution >= 0.6 is 46.7 Å². The van der Waals surface area contributed by atoms with E-state index in [-0.39, 0.29) is 38.7 Å². The largest absolute Gasteiger partial charge is 0.464 e. The van der Waals surface area contributed by atoms with E-state index < -0.39 is 17.4 Å². The van der Waals surface area contributed by atoms with E-state index in [0.29, 0.717) is 17.9 Å². The van der Waals surface area contributed by atoms with Gasteiger partial charge in [-0.25, -0.2) is 4.79 Å². The number of amides is 1. The highest BCUT2D eigenvalue weighted by Gasteiger charge is 2.61. The molecule has 5 rings (SSSR count). The topological polar surface area (TPSA) is 97.7 Å². The molecule has 1 aromatic carbocycles. The molecule has 1 aliphatic heterocycles. The Bertz CT molecular complexity index is 1310. The molecule has 2 aliphatic carbocycles. The average molecular weight is 635 g/mol. The van der Waals surface area contributed by atoms with Crippen LogP contribution in [0, 0.1) is 11.3 Å². The van der Waals surface area contributed by atoms with Gasteiger partial charge in [0.1, 0.15) is 0 Å². The second-order valence-electron chi connectivity index (χ2n) is 10.6. The number of nitrogens with one attached hydrogen (secondary N) is 1. The van der Waals surface area contributed by atoms with Crippen molar-refractivity contribution < 1.29 is 19.1 Å². The second kappa shape index (κ2) is 13.5. The Labute approximate surface area is 259 Å². The Balaban J connectivity index is 1.38. The average Bonchev–Trinajstić information content (AvgIpc) is 2.98. The first-order valence-corrected chi connectivity index (χ1v) is 16.9. The van der Waals surface area contributed by atoms with E-state index in [1.54, 1.807) is 19.1 Å². The van der Waals surface area contributed by atoms with E-state index in [9.17, 15) is 14.4 Å². The second-order valence-corrected chi connectivity index (χ2v) is 14.2. The van der Waals surface area contributed by atoms with Crippen molar-refractivity contribution in [2.75, 3.05) is 23.4 Å². The van der Waals surface area contributed by atoms with Crippen LogP contribution in [0.4, 0.5) is 5.69 Å². The minimum atomic E-state index is -0.743. The van der Waals surface area contributed by atoms with Crippen LogP contribution < -0.4 is 5.32 Å². The van der Waals surface area contributed by atoms with Crippen LogP contribution in [0.3, 0.4) is 0 Å². The maximum absolute atomic E-state index is 13.7. The summed E-state index contributed by atoms with van der Waals surface area (Å²) in [5, 5.41) is 3.13. The third-order valence-corrected chi connectivity index (χ3v) is 11.6. The maximum Gasteiger partial charge on any atom is 0.331 e. The first-order valence-electron chi connectivity index (χ1n) is 14.1. The maximum atomic E-state index is 13.7. The molecule has 1 amide bonds. The number of hydrogen-bond acceptors (Lipinski definition) is 8. The predicted molar refractivity (Wildman–Crippen MR) is 168 cm³/mol. The van der Waals surface area contributed by atoms with Gasteiger partial charge in [-0.05, 0) is 55.4 Å². The molecular weight excluding hydrogens is 601 g/mol. The van der Waals surface area contributed by atoms with Crippen LogP contribution in [0.25, 0.3) is 0 Å². The van der Waals surface area contributed by atoms with Crippen LogP contribution in [0.1, 0.15) is 61.4 Å². The molecule has 2 aromatic rings. The van der Waals surface area contributed by atoms with Crippen molar-refractivity contribution in [1.82, 2.24) is 4.98 Å². The van der Waals surface area contributed by atoms with E-state index in [2.05, 4.69) is 10.3 Å². The molecule has 41 heavy (non-hydrogen) atoms. The molecule has 2 heterocycles. The fraction of sp³-hybridized carbons (Fsp3) is 0.500. The number of anilines is 1. The predicted octanol–water partition coefficient (Wildman–Crippen LogP) is 6.90. The lowest BCUT2D eigenvalue weighted by atomic mass is 9.53. The quantitative estimate of drug-likeness (QED) is 0.316. The molecule has 0 bridgehead atoms. The van der Waals surface area contributed by atoms with Crippen molar-refractivity contribution in [3.63, 3.8) is 0 Å². The van der Waals surface area contributed by atoms with Gasteiger partial charge in [0.05, 0.1) is 38.1 Å². The van der Waals surface area contributed by atoms with E-state index >= 15 is 0 Å². The molecule has 218 valence electrons. The van der Waals surface area contributed by atoms with Crippen molar-refractivity contribution in [2.24, 2.45) is 16.3 Å². The number of halogens is 2. The van der Waals surface area contributed by atoms with Gasteiger partial charge in [0.2, 0.25) is 0 Å². The van der Waals surface area contributed by atoms with Crippen molar-refractivity contribution >= 4 is 75.8 Å². The van der Waals surface area contributed by atoms with Crippen LogP contribution in [0.5, 0.6) is 0 Å². The smallest absolute Gasteiger partial charge is 0.331 e. The number of rotatable bonds is 8. The Kier molecular flexibility index (Phi) is 10.00. The SMILES string of the molecule is CCOC(=O)[C@H](Cc1ccc(NC(=O)c2c(Cl)cncc2Cl)cc1)N=C1C(C2SCCCS2)C(=O)C12CCCCC2. The first kappa shape index (κ1) is 30.4. The van der Waals surface area contributed by atoms with E-state index in [1.807, 2.05) is 35.7 Å². The van der Waals surface area contributed by atoms with Crippen molar-refractivity contribution in [1.29, 1.82) is 0 Å². The number of hydrogen-bond donors (Lipinski definition) is 1. The number of benzene rings is 1. The standard InChI is InChI=1S/C30H33Cl2N3O4S2/c1-2-39-28(38)22(15-18-7-9-19(10-8-18)34-27(37)23-20(31)16-33-17-21(23)32)35-25-24(29-40-13-6-14-41-29)26(36)30(25)11-4-3-5-12-30/h7-10,16-17,22,24,29H,2-6,11-15H2,1H3,(H,34,37)/t22-,24?/m0/s1. The van der Waals surface area contributed by atoms with Crippen molar-refractivity contribution in [3.8, 4) is 0 Å². The van der Waals surface area contributed by atoms with Gasteiger partial charge in [0, 0.05) is 30.2 Å². The zero-order valence-electron chi connectivity index (χ0n) is 22.9. The van der Waals surface area contributed by atoms with Gasteiger partial charge in [-0.3, -0.25) is 19.6 Å². The molecule has 1 saturated heterocycles. The Morgan fingerprint density at radius 1 is 1.07 bits per heavy atom. The zero-order valence-corrected chi connectivity index (χ0v) is 26.0. The third-order valence-electron chi connectivity index (χ3n) is 7.95. The molecule has 3 aliphatic rings. The number of esters is 1. The van der Waals surface area contributed by atoms with Gasteiger partial charge >= 0.3 is 5.97 Å². The molecule has 11 heteroatoms. The van der Waals surface area contributed by atoms with Crippen molar-refractivity contribution in [2.45, 2.75) is 62.5 Å². The summed E-state index contributed by atoms with van der Waals surface area (Å²) >= 11 is 15.9. The fourth-order valence-electron chi connectivity index (χ4n) is 5.94. The number of carbonyl (C=O) groups is 3. The molecule has 1 unspecified atom stereocenters. The summed E-state index contributed by atoms with van der Waals surface area (Å²) in [6, 6.07) is 6.49. The number of pyridine rings is 1. The van der Waals surface area contributed by atoms with Gasteiger partial charge < -0.3 is 10.1 Å². The molecule has 2 atom stereocenters. The Morgan fingerprint density at radius 3 is 2.37 bits per heavy atom. The zero-order chi connectivity index (χ0) is 29.0. The number of thioether (sulfide) groups is 2. The summed E-state index contributed by atoms with van der Waals surface area (Å²) in [6.45, 7) is 2.04. The summed E-state index contributed by atoms with van der Waals surface area (Å²) in [4.78, 5) is 48.6. The van der Waals surface area contributed by atoms with Crippen LogP contribution in [-0.2, 0) is 20.7 Å². The number of nitrogens with zero attached hydrogens (tertiary/aromatic N) is 2. The molecule has 7 nitrogen and oxygen atoms in total. The fourth-order valence-corrected chi connectivity index (χ4v) is 9.60. The lowest BCUT2D eigenvalue weighted by Gasteiger charge is -2.52. The summed E-state index contributed by atoms with van der Waals surface area (Å²) in [5.41, 5.74) is 1.98. The van der Waals surface area contributed by atoms with E-state index in [4.69, 9.17) is 32.9 Å². The van der Waals surface area contributed by atoms with E-state index in [1.165, 1.54) is 12.4 Å². The Morgan fingerprint density at radius 2 is 1.73 bits per heavy atom. The highest BCUT2D eigenvalue weighted by atomic mass is 35.5. The Hall–Kier alpha value is -2.07. The first-order chi connectivity index (χ1) is 19.8. The summed E-state index contributed by atoms with van der Waals surface area (Å²) < 4.78 is 5.61. The molecule has 1 aromatic heterocycles. The number of ketones is 1. The summed E-state index contributed by atoms with van der Waals surface area (Å²) in [7, 11) is 0. The van der Waals surface area contributed by atoms with Gasteiger partial charge in [-0.1, -0.05) is 54.6 Å². The molecular formula is C30H33Cl2N3O4S2. The molecule has 2 saturated carbocycles. The lowest BCUT2D eigenvalue weighted by Crippen LogP contribution is -2.63.